The van der Waals surface area contributed by atoms with Crippen molar-refractivity contribution in [3.63, 3.8) is 0 Å². The smallest absolute Gasteiger partial charge is 0.269 e. The van der Waals surface area contributed by atoms with E-state index in [4.69, 9.17) is 23.8 Å². The maximum absolute atomic E-state index is 13.3. The van der Waals surface area contributed by atoms with Gasteiger partial charge in [-0.05, 0) is 72.2 Å². The van der Waals surface area contributed by atoms with Crippen molar-refractivity contribution in [2.75, 3.05) is 10.2 Å². The molecule has 0 bridgehead atoms. The second kappa shape index (κ2) is 10.9. The van der Waals surface area contributed by atoms with Gasteiger partial charge in [0.25, 0.3) is 5.91 Å². The summed E-state index contributed by atoms with van der Waals surface area (Å²) in [6.07, 6.45) is -0.201. The van der Waals surface area contributed by atoms with Crippen LogP contribution in [0.3, 0.4) is 0 Å². The van der Waals surface area contributed by atoms with E-state index in [9.17, 15) is 14.4 Å². The number of benzene rings is 3. The summed E-state index contributed by atoms with van der Waals surface area (Å²) in [7, 11) is 0. The van der Waals surface area contributed by atoms with Crippen LogP contribution in [0.1, 0.15) is 42.1 Å². The number of amides is 3. The van der Waals surface area contributed by atoms with E-state index >= 15 is 0 Å². The number of thiocarbonyl (C=S) groups is 1. The van der Waals surface area contributed by atoms with Crippen molar-refractivity contribution in [3.05, 3.63) is 95.0 Å². The highest BCUT2D eigenvalue weighted by Gasteiger charge is 2.42. The van der Waals surface area contributed by atoms with Crippen LogP contribution in [0.2, 0.25) is 5.02 Å². The first kappa shape index (κ1) is 25.3. The zero-order chi connectivity index (χ0) is 25.8. The Labute approximate surface area is 220 Å². The molecule has 1 fully saturated rings. The fourth-order valence-electron chi connectivity index (χ4n) is 3.82. The van der Waals surface area contributed by atoms with Crippen molar-refractivity contribution in [2.24, 2.45) is 0 Å². The van der Waals surface area contributed by atoms with Crippen molar-refractivity contribution in [2.45, 2.75) is 32.2 Å². The predicted molar refractivity (Wildman–Crippen MR) is 145 cm³/mol. The van der Waals surface area contributed by atoms with E-state index in [1.165, 1.54) is 9.91 Å². The van der Waals surface area contributed by atoms with Crippen molar-refractivity contribution < 1.29 is 14.4 Å². The van der Waals surface area contributed by atoms with Gasteiger partial charge in [-0.1, -0.05) is 55.8 Å². The molecule has 9 heteroatoms. The number of nitrogens with zero attached hydrogens (tertiary/aromatic N) is 2. The third kappa shape index (κ3) is 5.56. The van der Waals surface area contributed by atoms with Gasteiger partial charge in [0.1, 0.15) is 6.04 Å². The van der Waals surface area contributed by atoms with E-state index in [1.54, 1.807) is 54.6 Å². The van der Waals surface area contributed by atoms with Crippen LogP contribution in [0.25, 0.3) is 0 Å². The molecule has 3 aromatic rings. The van der Waals surface area contributed by atoms with E-state index in [1.807, 2.05) is 24.3 Å². The molecule has 1 atom stereocenters. The fraction of sp³-hybridized carbons (Fsp3) is 0.185. The average molecular weight is 521 g/mol. The molecule has 0 radical (unpaired) electrons. The van der Waals surface area contributed by atoms with Gasteiger partial charge in [-0.25, -0.2) is 5.01 Å². The maximum Gasteiger partial charge on any atom is 0.269 e. The quantitative estimate of drug-likeness (QED) is 0.440. The fourth-order valence-corrected chi connectivity index (χ4v) is 4.32. The summed E-state index contributed by atoms with van der Waals surface area (Å²) in [5, 5.41) is 4.60. The molecule has 0 aromatic heterocycles. The zero-order valence-electron chi connectivity index (χ0n) is 19.8. The van der Waals surface area contributed by atoms with Crippen molar-refractivity contribution in [1.29, 1.82) is 0 Å². The molecule has 3 aromatic carbocycles. The number of halogens is 1. The molecule has 0 saturated carbocycles. The second-order valence-corrected chi connectivity index (χ2v) is 9.45. The SMILES string of the molecule is CC(C)c1ccc(NC(=O)C2CC(=O)N(c3ccc(Cl)cc3)C(=S)N2NC(=O)c2ccccc2)cc1. The minimum atomic E-state index is -1.05. The van der Waals surface area contributed by atoms with Crippen LogP contribution in [0.4, 0.5) is 11.4 Å². The molecule has 2 N–H and O–H groups in total. The van der Waals surface area contributed by atoms with Crippen molar-refractivity contribution in [1.82, 2.24) is 10.4 Å². The van der Waals surface area contributed by atoms with Gasteiger partial charge in [-0.15, -0.1) is 0 Å². The first-order valence-corrected chi connectivity index (χ1v) is 12.2. The molecule has 0 spiro atoms. The predicted octanol–water partition coefficient (Wildman–Crippen LogP) is 5.14. The van der Waals surface area contributed by atoms with E-state index in [-0.39, 0.29) is 17.4 Å². The Kier molecular flexibility index (Phi) is 7.67. The number of hydrazine groups is 1. The standard InChI is InChI=1S/C27H25ClN4O3S/c1-17(2)18-8-12-21(13-9-18)29-26(35)23-16-24(33)31(22-14-10-20(28)11-15-22)27(36)32(23)30-25(34)19-6-4-3-5-7-19/h3-15,17,23H,16H2,1-2H3,(H,29,35)(H,30,34). The lowest BCUT2D eigenvalue weighted by molar-refractivity contribution is -0.127. The Morgan fingerprint density at radius 1 is 0.972 bits per heavy atom. The summed E-state index contributed by atoms with van der Waals surface area (Å²) < 4.78 is 0. The molecule has 1 aliphatic rings. The van der Waals surface area contributed by atoms with Gasteiger partial charge in [-0.3, -0.25) is 24.7 Å². The Balaban J connectivity index is 1.62. The molecule has 36 heavy (non-hydrogen) atoms. The number of nitrogens with one attached hydrogen (secondary N) is 2. The highest BCUT2D eigenvalue weighted by molar-refractivity contribution is 7.80. The topological polar surface area (TPSA) is 81.8 Å². The molecule has 1 saturated heterocycles. The van der Waals surface area contributed by atoms with Gasteiger partial charge in [0.05, 0.1) is 12.1 Å². The highest BCUT2D eigenvalue weighted by atomic mass is 35.5. The van der Waals surface area contributed by atoms with E-state index in [2.05, 4.69) is 24.6 Å². The summed E-state index contributed by atoms with van der Waals surface area (Å²) in [6, 6.07) is 21.6. The third-order valence-electron chi connectivity index (χ3n) is 5.82. The van der Waals surface area contributed by atoms with E-state index < -0.39 is 17.9 Å². The monoisotopic (exact) mass is 520 g/mol. The van der Waals surface area contributed by atoms with Gasteiger partial charge in [0.2, 0.25) is 16.9 Å². The summed E-state index contributed by atoms with van der Waals surface area (Å²) in [4.78, 5) is 40.8. The number of rotatable bonds is 6. The number of anilines is 2. The normalized spacial score (nSPS) is 15.7. The van der Waals surface area contributed by atoms with Crippen LogP contribution in [0, 0.1) is 0 Å². The van der Waals surface area contributed by atoms with Gasteiger partial charge in [0, 0.05) is 16.3 Å². The highest BCUT2D eigenvalue weighted by Crippen LogP contribution is 2.26. The third-order valence-corrected chi connectivity index (χ3v) is 6.45. The van der Waals surface area contributed by atoms with Crippen LogP contribution in [-0.2, 0) is 9.59 Å². The Hall–Kier alpha value is -3.75. The summed E-state index contributed by atoms with van der Waals surface area (Å²) in [5.41, 5.74) is 5.32. The summed E-state index contributed by atoms with van der Waals surface area (Å²) >= 11 is 11.6. The molecule has 1 unspecified atom stereocenters. The Morgan fingerprint density at radius 3 is 2.22 bits per heavy atom. The molecular weight excluding hydrogens is 496 g/mol. The number of carbonyl (C=O) groups excluding carboxylic acids is 3. The largest absolute Gasteiger partial charge is 0.324 e. The van der Waals surface area contributed by atoms with Gasteiger partial charge in [0.15, 0.2) is 0 Å². The van der Waals surface area contributed by atoms with E-state index in [0.717, 1.165) is 5.56 Å². The minimum Gasteiger partial charge on any atom is -0.324 e. The van der Waals surface area contributed by atoms with Crippen LogP contribution >= 0.6 is 23.8 Å². The molecule has 3 amide bonds. The lowest BCUT2D eigenvalue weighted by Crippen LogP contribution is -2.65. The van der Waals surface area contributed by atoms with Gasteiger partial charge >= 0.3 is 0 Å². The van der Waals surface area contributed by atoms with Crippen LogP contribution in [0.15, 0.2) is 78.9 Å². The molecular formula is C27H25ClN4O3S. The zero-order valence-corrected chi connectivity index (χ0v) is 21.3. The maximum atomic E-state index is 13.3. The van der Waals surface area contributed by atoms with Crippen molar-refractivity contribution in [3.8, 4) is 0 Å². The average Bonchev–Trinajstić information content (AvgIpc) is 2.87. The Bertz CT molecular complexity index is 1280. The number of hydrogen-bond donors (Lipinski definition) is 2. The minimum absolute atomic E-state index is 0.0202. The summed E-state index contributed by atoms with van der Waals surface area (Å²) in [5.74, 6) is -0.942. The lowest BCUT2D eigenvalue weighted by Gasteiger charge is -2.41. The summed E-state index contributed by atoms with van der Waals surface area (Å²) in [6.45, 7) is 4.17. The van der Waals surface area contributed by atoms with Crippen molar-refractivity contribution >= 4 is 58.0 Å². The van der Waals surface area contributed by atoms with Gasteiger partial charge in [-0.2, -0.15) is 0 Å². The second-order valence-electron chi connectivity index (χ2n) is 8.65. The first-order valence-electron chi connectivity index (χ1n) is 11.4. The molecule has 7 nitrogen and oxygen atoms in total. The molecule has 0 aliphatic carbocycles. The molecule has 1 heterocycles. The molecule has 184 valence electrons. The van der Waals surface area contributed by atoms with Crippen LogP contribution in [0.5, 0.6) is 0 Å². The Morgan fingerprint density at radius 2 is 1.61 bits per heavy atom. The lowest BCUT2D eigenvalue weighted by atomic mass is 10.0. The van der Waals surface area contributed by atoms with E-state index in [0.29, 0.717) is 27.9 Å². The first-order chi connectivity index (χ1) is 17.2. The number of carbonyl (C=O) groups is 3. The molecule has 4 rings (SSSR count). The number of hydrogen-bond acceptors (Lipinski definition) is 4. The van der Waals surface area contributed by atoms with Crippen LogP contribution < -0.4 is 15.6 Å². The van der Waals surface area contributed by atoms with Gasteiger partial charge < -0.3 is 5.32 Å². The van der Waals surface area contributed by atoms with Crippen LogP contribution in [-0.4, -0.2) is 33.9 Å². The molecule has 1 aliphatic heterocycles.